The van der Waals surface area contributed by atoms with E-state index in [0.29, 0.717) is 5.69 Å². The molecule has 0 spiro atoms. The van der Waals surface area contributed by atoms with Gasteiger partial charge in [-0.3, -0.25) is 24.1 Å². The summed E-state index contributed by atoms with van der Waals surface area (Å²) in [5.74, 6) is -3.61. The standard InChI is InChI=1S/C29H23BrN2O5/c1-15-12-16(10-11-21(15)30)31-22(33)14-37-23(34)13-32-28(35)26-24-17-6-2-3-7-18(17)25(27(26)29(32)36)20-9-5-4-8-19(20)24/h2-12,24-27H,13-14H2,1H3,(H,31,33)/t24?,25?,26-,27-/m0/s1. The molecule has 0 unspecified atom stereocenters. The first kappa shape index (κ1) is 23.6. The van der Waals surface area contributed by atoms with Gasteiger partial charge in [-0.1, -0.05) is 64.5 Å². The van der Waals surface area contributed by atoms with Gasteiger partial charge in [0.2, 0.25) is 11.8 Å². The van der Waals surface area contributed by atoms with Crippen molar-refractivity contribution in [1.29, 1.82) is 0 Å². The highest BCUT2D eigenvalue weighted by atomic mass is 79.9. The highest BCUT2D eigenvalue weighted by molar-refractivity contribution is 9.10. The quantitative estimate of drug-likeness (QED) is 0.375. The summed E-state index contributed by atoms with van der Waals surface area (Å²) in [6.07, 6.45) is 0. The first-order valence-corrected chi connectivity index (χ1v) is 12.9. The van der Waals surface area contributed by atoms with E-state index in [1.54, 1.807) is 12.1 Å². The van der Waals surface area contributed by atoms with Crippen LogP contribution in [0, 0.1) is 18.8 Å². The van der Waals surface area contributed by atoms with Crippen molar-refractivity contribution < 1.29 is 23.9 Å². The molecule has 37 heavy (non-hydrogen) atoms. The first-order chi connectivity index (χ1) is 17.8. The smallest absolute Gasteiger partial charge is 0.326 e. The van der Waals surface area contributed by atoms with Crippen LogP contribution in [0.25, 0.3) is 0 Å². The van der Waals surface area contributed by atoms with Gasteiger partial charge in [0.25, 0.3) is 5.91 Å². The number of amides is 3. The van der Waals surface area contributed by atoms with E-state index in [-0.39, 0.29) is 23.7 Å². The van der Waals surface area contributed by atoms with Crippen molar-refractivity contribution in [3.63, 3.8) is 0 Å². The number of imide groups is 1. The van der Waals surface area contributed by atoms with Crippen LogP contribution in [0.3, 0.4) is 0 Å². The molecule has 0 saturated carbocycles. The molecule has 4 aliphatic rings. The van der Waals surface area contributed by atoms with E-state index in [9.17, 15) is 19.2 Å². The fraction of sp³-hybridized carbons (Fsp3) is 0.241. The Morgan fingerprint density at radius 1 is 0.865 bits per heavy atom. The predicted octanol–water partition coefficient (Wildman–Crippen LogP) is 4.13. The van der Waals surface area contributed by atoms with Gasteiger partial charge < -0.3 is 10.1 Å². The van der Waals surface area contributed by atoms with Gasteiger partial charge in [-0.05, 0) is 52.9 Å². The number of nitrogens with one attached hydrogen (secondary N) is 1. The van der Waals surface area contributed by atoms with E-state index in [4.69, 9.17) is 4.74 Å². The summed E-state index contributed by atoms with van der Waals surface area (Å²) in [7, 11) is 0. The van der Waals surface area contributed by atoms with Crippen LogP contribution >= 0.6 is 15.9 Å². The Labute approximate surface area is 221 Å². The van der Waals surface area contributed by atoms with E-state index < -0.39 is 36.9 Å². The monoisotopic (exact) mass is 558 g/mol. The zero-order valence-electron chi connectivity index (χ0n) is 19.9. The van der Waals surface area contributed by atoms with Gasteiger partial charge in [0, 0.05) is 22.0 Å². The van der Waals surface area contributed by atoms with E-state index in [1.165, 1.54) is 0 Å². The first-order valence-electron chi connectivity index (χ1n) is 12.1. The van der Waals surface area contributed by atoms with Crippen LogP contribution in [0.1, 0.15) is 39.7 Å². The van der Waals surface area contributed by atoms with Gasteiger partial charge in [0.05, 0.1) is 11.8 Å². The topological polar surface area (TPSA) is 92.8 Å². The van der Waals surface area contributed by atoms with Gasteiger partial charge in [-0.2, -0.15) is 0 Å². The summed E-state index contributed by atoms with van der Waals surface area (Å²) in [6, 6.07) is 21.2. The Kier molecular flexibility index (Phi) is 5.71. The van der Waals surface area contributed by atoms with Gasteiger partial charge in [-0.25, -0.2) is 0 Å². The van der Waals surface area contributed by atoms with Crippen molar-refractivity contribution in [2.24, 2.45) is 11.8 Å². The van der Waals surface area contributed by atoms with E-state index in [2.05, 4.69) is 21.2 Å². The third kappa shape index (κ3) is 3.78. The normalized spacial score (nSPS) is 22.8. The average molecular weight is 559 g/mol. The Hall–Kier alpha value is -3.78. The van der Waals surface area contributed by atoms with Crippen LogP contribution in [-0.2, 0) is 23.9 Å². The van der Waals surface area contributed by atoms with Crippen molar-refractivity contribution in [1.82, 2.24) is 4.90 Å². The molecule has 3 aromatic rings. The molecule has 7 nitrogen and oxygen atoms in total. The van der Waals surface area contributed by atoms with Gasteiger partial charge in [0.1, 0.15) is 6.54 Å². The van der Waals surface area contributed by atoms with E-state index in [0.717, 1.165) is 37.2 Å². The Morgan fingerprint density at radius 3 is 1.86 bits per heavy atom. The fourth-order valence-corrected chi connectivity index (χ4v) is 6.38. The summed E-state index contributed by atoms with van der Waals surface area (Å²) in [5, 5.41) is 2.67. The Bertz CT molecular complexity index is 1370. The maximum Gasteiger partial charge on any atom is 0.326 e. The number of hydrogen-bond donors (Lipinski definition) is 1. The van der Waals surface area contributed by atoms with Crippen LogP contribution in [0.5, 0.6) is 0 Å². The number of benzene rings is 3. The Balaban J connectivity index is 1.17. The number of anilines is 1. The number of carbonyl (C=O) groups excluding carboxylic acids is 4. The summed E-state index contributed by atoms with van der Waals surface area (Å²) < 4.78 is 6.04. The zero-order chi connectivity index (χ0) is 25.8. The third-order valence-corrected chi connectivity index (χ3v) is 8.52. The molecule has 186 valence electrons. The summed E-state index contributed by atoms with van der Waals surface area (Å²) in [6.45, 7) is 0.866. The maximum absolute atomic E-state index is 13.5. The van der Waals surface area contributed by atoms with Crippen LogP contribution in [0.4, 0.5) is 5.69 Å². The molecular formula is C29H23BrN2O5. The summed E-state index contributed by atoms with van der Waals surface area (Å²) >= 11 is 3.41. The van der Waals surface area contributed by atoms with E-state index >= 15 is 0 Å². The largest absolute Gasteiger partial charge is 0.454 e. The van der Waals surface area contributed by atoms with E-state index in [1.807, 2.05) is 61.5 Å². The van der Waals surface area contributed by atoms with Crippen molar-refractivity contribution in [3.8, 4) is 0 Å². The molecule has 0 aromatic heterocycles. The number of aryl methyl sites for hydroxylation is 1. The number of carbonyl (C=O) groups is 4. The minimum absolute atomic E-state index is 0.236. The minimum Gasteiger partial charge on any atom is -0.454 e. The van der Waals surface area contributed by atoms with Crippen LogP contribution in [-0.4, -0.2) is 41.7 Å². The molecule has 1 N–H and O–H groups in total. The maximum atomic E-state index is 13.5. The molecule has 2 atom stereocenters. The van der Waals surface area contributed by atoms with Crippen molar-refractivity contribution in [2.75, 3.05) is 18.5 Å². The lowest BCUT2D eigenvalue weighted by atomic mass is 9.55. The van der Waals surface area contributed by atoms with Crippen LogP contribution in [0.2, 0.25) is 0 Å². The number of esters is 1. The molecule has 3 amide bonds. The summed E-state index contributed by atoms with van der Waals surface area (Å²) in [5.41, 5.74) is 5.79. The zero-order valence-corrected chi connectivity index (χ0v) is 21.5. The average Bonchev–Trinajstić information content (AvgIpc) is 3.15. The van der Waals surface area contributed by atoms with Crippen molar-refractivity contribution >= 4 is 45.3 Å². The number of hydrogen-bond acceptors (Lipinski definition) is 5. The second kappa shape index (κ2) is 8.95. The molecule has 3 aromatic carbocycles. The molecular weight excluding hydrogens is 536 g/mol. The number of halogens is 1. The summed E-state index contributed by atoms with van der Waals surface area (Å²) in [4.78, 5) is 53.0. The van der Waals surface area contributed by atoms with Crippen LogP contribution < -0.4 is 5.32 Å². The van der Waals surface area contributed by atoms with Gasteiger partial charge in [-0.15, -0.1) is 0 Å². The predicted molar refractivity (Wildman–Crippen MR) is 139 cm³/mol. The molecule has 3 aliphatic carbocycles. The molecule has 7 rings (SSSR count). The highest BCUT2D eigenvalue weighted by Crippen LogP contribution is 2.60. The number of rotatable bonds is 5. The van der Waals surface area contributed by atoms with Crippen LogP contribution in [0.15, 0.2) is 71.2 Å². The molecule has 0 radical (unpaired) electrons. The molecule has 8 heteroatoms. The third-order valence-electron chi connectivity index (χ3n) is 7.63. The van der Waals surface area contributed by atoms with Gasteiger partial charge >= 0.3 is 5.97 Å². The van der Waals surface area contributed by atoms with Crippen molar-refractivity contribution in [2.45, 2.75) is 18.8 Å². The lowest BCUT2D eigenvalue weighted by Crippen LogP contribution is -2.41. The molecule has 2 bridgehead atoms. The fourth-order valence-electron chi connectivity index (χ4n) is 6.14. The number of likely N-dealkylation sites (tertiary alicyclic amines) is 1. The lowest BCUT2D eigenvalue weighted by Gasteiger charge is -2.45. The molecule has 1 aliphatic heterocycles. The molecule has 1 heterocycles. The highest BCUT2D eigenvalue weighted by Gasteiger charge is 2.61. The molecule has 1 saturated heterocycles. The number of ether oxygens (including phenoxy) is 1. The Morgan fingerprint density at radius 2 is 1.38 bits per heavy atom. The lowest BCUT2D eigenvalue weighted by molar-refractivity contribution is -0.154. The second-order valence-corrected chi connectivity index (χ2v) is 10.6. The van der Waals surface area contributed by atoms with Gasteiger partial charge in [0.15, 0.2) is 6.61 Å². The minimum atomic E-state index is -0.801. The second-order valence-electron chi connectivity index (χ2n) is 9.70. The SMILES string of the molecule is Cc1cc(NC(=O)COC(=O)CN2C(=O)[C@H]3C4c5ccccc5C(c5ccccc54)[C@@H]3C2=O)ccc1Br. The number of nitrogens with zero attached hydrogens (tertiary/aromatic N) is 1. The molecule has 1 fully saturated rings. The van der Waals surface area contributed by atoms with Crippen molar-refractivity contribution in [3.05, 3.63) is 99.0 Å².